The topological polar surface area (TPSA) is 47.3 Å². The molecular formula is C20H28O3. The Hall–Kier alpha value is -1.38. The van der Waals surface area contributed by atoms with Crippen LogP contribution >= 0.6 is 0 Å². The molecule has 0 bridgehead atoms. The third-order valence-corrected chi connectivity index (χ3v) is 7.31. The van der Waals surface area contributed by atoms with Crippen LogP contribution in [0.3, 0.4) is 0 Å². The molecule has 2 saturated carbocycles. The maximum Gasteiger partial charge on any atom is 0.166 e. The number of fused-ring (bicyclic) bond motifs is 1. The molecule has 1 aromatic rings. The van der Waals surface area contributed by atoms with Gasteiger partial charge in [0.25, 0.3) is 0 Å². The number of ketones is 2. The molecule has 3 heteroatoms. The molecular weight excluding hydrogens is 288 g/mol. The van der Waals surface area contributed by atoms with Gasteiger partial charge in [0.05, 0.1) is 11.8 Å². The van der Waals surface area contributed by atoms with Crippen molar-refractivity contribution >= 4 is 11.6 Å². The second-order valence-corrected chi connectivity index (χ2v) is 8.46. The average molecular weight is 316 g/mol. The van der Waals surface area contributed by atoms with E-state index in [0.29, 0.717) is 48.4 Å². The smallest absolute Gasteiger partial charge is 0.166 e. The molecule has 2 fully saturated rings. The summed E-state index contributed by atoms with van der Waals surface area (Å²) in [7, 11) is 0. The van der Waals surface area contributed by atoms with E-state index in [1.165, 1.54) is 12.7 Å². The molecule has 5 atom stereocenters. The monoisotopic (exact) mass is 316 g/mol. The van der Waals surface area contributed by atoms with Gasteiger partial charge in [0.2, 0.25) is 0 Å². The highest BCUT2D eigenvalue weighted by Gasteiger charge is 2.57. The Labute approximate surface area is 138 Å². The zero-order valence-corrected chi connectivity index (χ0v) is 14.7. The van der Waals surface area contributed by atoms with Crippen LogP contribution in [0.4, 0.5) is 0 Å². The minimum absolute atomic E-state index is 0.119. The van der Waals surface area contributed by atoms with Gasteiger partial charge in [-0.25, -0.2) is 0 Å². The first-order valence-corrected chi connectivity index (χ1v) is 8.84. The molecule has 1 aromatic heterocycles. The van der Waals surface area contributed by atoms with Crippen LogP contribution in [0, 0.1) is 28.6 Å². The number of furan rings is 1. The quantitative estimate of drug-likeness (QED) is 0.744. The number of carbonyl (C=O) groups excluding carboxylic acids is 2. The summed E-state index contributed by atoms with van der Waals surface area (Å²) in [6.45, 7) is 9.06. The molecule has 0 aliphatic heterocycles. The van der Waals surface area contributed by atoms with Gasteiger partial charge in [0, 0.05) is 19.3 Å². The standard InChI is InChI=1S/C20H28O3/c1-13-5-7-19(3)14(2)9-16(21)10-18(19)20(13,4)11-17(22)15-6-8-23-12-15/h6,8,12-14,18H,5,7,9-11H2,1-4H3/t13-,14-,18+,19+,20+/m1/s1. The third kappa shape index (κ3) is 2.58. The predicted molar refractivity (Wildman–Crippen MR) is 89.2 cm³/mol. The van der Waals surface area contributed by atoms with Gasteiger partial charge < -0.3 is 4.42 Å². The van der Waals surface area contributed by atoms with Crippen molar-refractivity contribution in [1.82, 2.24) is 0 Å². The van der Waals surface area contributed by atoms with E-state index in [2.05, 4.69) is 27.7 Å². The van der Waals surface area contributed by atoms with Crippen molar-refractivity contribution in [2.75, 3.05) is 0 Å². The molecule has 0 aromatic carbocycles. The van der Waals surface area contributed by atoms with Gasteiger partial charge in [-0.15, -0.1) is 0 Å². The lowest BCUT2D eigenvalue weighted by atomic mass is 9.44. The maximum absolute atomic E-state index is 12.7. The zero-order valence-electron chi connectivity index (χ0n) is 14.7. The summed E-state index contributed by atoms with van der Waals surface area (Å²) < 4.78 is 5.07. The molecule has 0 amide bonds. The van der Waals surface area contributed by atoms with Crippen LogP contribution in [0.5, 0.6) is 0 Å². The van der Waals surface area contributed by atoms with Crippen LogP contribution in [0.25, 0.3) is 0 Å². The van der Waals surface area contributed by atoms with Gasteiger partial charge in [-0.05, 0) is 47.5 Å². The molecule has 2 aliphatic carbocycles. The Balaban J connectivity index is 1.93. The van der Waals surface area contributed by atoms with Crippen molar-refractivity contribution in [2.45, 2.75) is 59.8 Å². The van der Waals surface area contributed by atoms with Crippen LogP contribution in [0.15, 0.2) is 23.0 Å². The van der Waals surface area contributed by atoms with Gasteiger partial charge in [0.15, 0.2) is 5.78 Å². The van der Waals surface area contributed by atoms with Gasteiger partial charge in [-0.3, -0.25) is 9.59 Å². The molecule has 0 N–H and O–H groups in total. The molecule has 1 heterocycles. The van der Waals surface area contributed by atoms with Gasteiger partial charge >= 0.3 is 0 Å². The second kappa shape index (κ2) is 5.61. The van der Waals surface area contributed by atoms with E-state index in [9.17, 15) is 9.59 Å². The van der Waals surface area contributed by atoms with Gasteiger partial charge in [0.1, 0.15) is 12.0 Å². The van der Waals surface area contributed by atoms with Crippen molar-refractivity contribution in [1.29, 1.82) is 0 Å². The Kier molecular flexibility index (Phi) is 4.02. The summed E-state index contributed by atoms with van der Waals surface area (Å²) >= 11 is 0. The number of rotatable bonds is 3. The largest absolute Gasteiger partial charge is 0.472 e. The fourth-order valence-corrected chi connectivity index (χ4v) is 5.24. The molecule has 126 valence electrons. The predicted octanol–water partition coefficient (Wildman–Crippen LogP) is 4.91. The molecule has 3 rings (SSSR count). The zero-order chi connectivity index (χ0) is 16.8. The van der Waals surface area contributed by atoms with E-state index < -0.39 is 0 Å². The lowest BCUT2D eigenvalue weighted by Crippen LogP contribution is -2.54. The van der Waals surface area contributed by atoms with E-state index in [1.54, 1.807) is 12.3 Å². The fraction of sp³-hybridized carbons (Fsp3) is 0.700. The molecule has 23 heavy (non-hydrogen) atoms. The van der Waals surface area contributed by atoms with Crippen molar-refractivity contribution < 1.29 is 14.0 Å². The first kappa shape index (κ1) is 16.5. The minimum Gasteiger partial charge on any atom is -0.472 e. The normalized spacial score (nSPS) is 40.7. The maximum atomic E-state index is 12.7. The van der Waals surface area contributed by atoms with Crippen molar-refractivity contribution in [3.05, 3.63) is 24.2 Å². The Morgan fingerprint density at radius 2 is 2.00 bits per heavy atom. The van der Waals surface area contributed by atoms with Gasteiger partial charge in [-0.2, -0.15) is 0 Å². The molecule has 0 spiro atoms. The van der Waals surface area contributed by atoms with Crippen LogP contribution in [-0.4, -0.2) is 11.6 Å². The summed E-state index contributed by atoms with van der Waals surface area (Å²) in [5.74, 6) is 1.67. The lowest BCUT2D eigenvalue weighted by Gasteiger charge is -2.59. The average Bonchev–Trinajstić information content (AvgIpc) is 3.01. The highest BCUT2D eigenvalue weighted by Crippen LogP contribution is 2.62. The molecule has 3 nitrogen and oxygen atoms in total. The number of hydrogen-bond acceptors (Lipinski definition) is 3. The van der Waals surface area contributed by atoms with E-state index in [4.69, 9.17) is 4.42 Å². The fourth-order valence-electron chi connectivity index (χ4n) is 5.24. The third-order valence-electron chi connectivity index (χ3n) is 7.31. The first-order valence-electron chi connectivity index (χ1n) is 8.84. The van der Waals surface area contributed by atoms with Crippen molar-refractivity contribution in [2.24, 2.45) is 28.6 Å². The molecule has 0 radical (unpaired) electrons. The summed E-state index contributed by atoms with van der Waals surface area (Å²) in [6, 6.07) is 1.74. The van der Waals surface area contributed by atoms with Crippen LogP contribution in [0.2, 0.25) is 0 Å². The van der Waals surface area contributed by atoms with Crippen molar-refractivity contribution in [3.8, 4) is 0 Å². The van der Waals surface area contributed by atoms with Crippen molar-refractivity contribution in [3.63, 3.8) is 0 Å². The van der Waals surface area contributed by atoms with E-state index in [-0.39, 0.29) is 16.6 Å². The minimum atomic E-state index is -0.119. The summed E-state index contributed by atoms with van der Waals surface area (Å²) in [5, 5.41) is 0. The molecule has 0 saturated heterocycles. The highest BCUT2D eigenvalue weighted by atomic mass is 16.3. The summed E-state index contributed by atoms with van der Waals surface area (Å²) in [5.41, 5.74) is 0.707. The summed E-state index contributed by atoms with van der Waals surface area (Å²) in [4.78, 5) is 25.0. The Morgan fingerprint density at radius 3 is 2.65 bits per heavy atom. The first-order chi connectivity index (χ1) is 10.8. The van der Waals surface area contributed by atoms with Gasteiger partial charge in [-0.1, -0.05) is 27.7 Å². The lowest BCUT2D eigenvalue weighted by molar-refractivity contribution is -0.144. The number of carbonyl (C=O) groups is 2. The molecule has 0 unspecified atom stereocenters. The summed E-state index contributed by atoms with van der Waals surface area (Å²) in [6.07, 6.45) is 7.24. The Bertz CT molecular complexity index is 602. The van der Waals surface area contributed by atoms with Crippen LogP contribution in [-0.2, 0) is 4.79 Å². The SMILES string of the molecule is C[C@@H]1CC(=O)C[C@H]2[C@@]1(C)CC[C@@H](C)[C@]2(C)CC(=O)c1ccoc1. The second-order valence-electron chi connectivity index (χ2n) is 8.46. The number of hydrogen-bond donors (Lipinski definition) is 0. The van der Waals surface area contributed by atoms with Crippen LogP contribution in [0.1, 0.15) is 70.2 Å². The van der Waals surface area contributed by atoms with E-state index in [1.807, 2.05) is 0 Å². The van der Waals surface area contributed by atoms with E-state index >= 15 is 0 Å². The Morgan fingerprint density at radius 1 is 1.26 bits per heavy atom. The number of Topliss-reactive ketones (excluding diaryl/α,β-unsaturated/α-hetero) is 2. The molecule has 2 aliphatic rings. The van der Waals surface area contributed by atoms with E-state index in [0.717, 1.165) is 6.42 Å². The highest BCUT2D eigenvalue weighted by molar-refractivity contribution is 5.96. The van der Waals surface area contributed by atoms with Crippen LogP contribution < -0.4 is 0 Å².